The second-order valence-electron chi connectivity index (χ2n) is 7.76. The number of hydrogen-bond donors (Lipinski definition) is 1. The van der Waals surface area contributed by atoms with Crippen LogP contribution >= 0.6 is 0 Å². The predicted octanol–water partition coefficient (Wildman–Crippen LogP) is 3.77. The van der Waals surface area contributed by atoms with Crippen molar-refractivity contribution in [1.82, 2.24) is 14.5 Å². The number of amides is 2. The third-order valence-corrected chi connectivity index (χ3v) is 7.53. The van der Waals surface area contributed by atoms with Gasteiger partial charge in [-0.3, -0.25) is 0 Å². The van der Waals surface area contributed by atoms with Crippen molar-refractivity contribution >= 4 is 16.1 Å². The van der Waals surface area contributed by atoms with E-state index in [0.29, 0.717) is 25.2 Å². The number of carbonyl (C=O) groups excluding carboxylic acids is 1. The fourth-order valence-corrected chi connectivity index (χ4v) is 5.42. The second kappa shape index (κ2) is 10.1. The lowest BCUT2D eigenvalue weighted by Gasteiger charge is -2.27. The van der Waals surface area contributed by atoms with E-state index >= 15 is 0 Å². The van der Waals surface area contributed by atoms with Gasteiger partial charge in [-0.1, -0.05) is 55.8 Å². The van der Waals surface area contributed by atoms with Crippen LogP contribution in [0.1, 0.15) is 42.9 Å². The number of benzene rings is 2. The molecule has 6 nitrogen and oxygen atoms in total. The molecular weight excluding hydrogens is 398 g/mol. The number of hydrogen-bond acceptors (Lipinski definition) is 3. The summed E-state index contributed by atoms with van der Waals surface area (Å²) in [6.07, 6.45) is 3.83. The fraction of sp³-hybridized carbons (Fsp3) is 0.435. The average Bonchev–Trinajstić information content (AvgIpc) is 2.78. The molecule has 7 heteroatoms. The number of aryl methyl sites for hydroxylation is 1. The highest BCUT2D eigenvalue weighted by molar-refractivity contribution is 7.89. The molecule has 0 aliphatic carbocycles. The molecule has 0 unspecified atom stereocenters. The van der Waals surface area contributed by atoms with Crippen LogP contribution in [-0.2, 0) is 29.5 Å². The number of nitrogens with zero attached hydrogens (tertiary/aromatic N) is 2. The number of sulfonamides is 1. The number of nitrogens with one attached hydrogen (secondary N) is 1. The molecule has 0 bridgehead atoms. The summed E-state index contributed by atoms with van der Waals surface area (Å²) in [5.74, 6) is 0. The van der Waals surface area contributed by atoms with E-state index in [4.69, 9.17) is 0 Å². The van der Waals surface area contributed by atoms with E-state index in [2.05, 4.69) is 24.4 Å². The summed E-state index contributed by atoms with van der Waals surface area (Å²) in [5, 5.41) is 2.86. The summed E-state index contributed by atoms with van der Waals surface area (Å²) in [6.45, 7) is 3.88. The van der Waals surface area contributed by atoms with E-state index in [-0.39, 0.29) is 17.5 Å². The van der Waals surface area contributed by atoms with Gasteiger partial charge in [-0.2, -0.15) is 4.31 Å². The molecular formula is C23H31N3O3S. The normalized spacial score (nSPS) is 15.0. The van der Waals surface area contributed by atoms with Crippen molar-refractivity contribution in [2.24, 2.45) is 0 Å². The molecule has 0 aromatic heterocycles. The van der Waals surface area contributed by atoms with Gasteiger partial charge in [-0.05, 0) is 42.0 Å². The molecule has 162 valence electrons. The van der Waals surface area contributed by atoms with Gasteiger partial charge in [0.1, 0.15) is 0 Å². The van der Waals surface area contributed by atoms with Crippen LogP contribution in [0.3, 0.4) is 0 Å². The molecule has 1 N–H and O–H groups in total. The third-order valence-electron chi connectivity index (χ3n) is 5.53. The Labute approximate surface area is 179 Å². The molecule has 1 saturated heterocycles. The SMILES string of the molecule is CCc1ccc(CN(C)C(=O)NCc2ccccc2S(=O)(=O)N2CCCCC2)cc1. The molecule has 30 heavy (non-hydrogen) atoms. The van der Waals surface area contributed by atoms with Gasteiger partial charge >= 0.3 is 6.03 Å². The van der Waals surface area contributed by atoms with E-state index in [0.717, 1.165) is 31.2 Å². The molecule has 1 fully saturated rings. The first kappa shape index (κ1) is 22.3. The zero-order valence-electron chi connectivity index (χ0n) is 17.8. The molecule has 3 rings (SSSR count). The van der Waals surface area contributed by atoms with E-state index < -0.39 is 10.0 Å². The third kappa shape index (κ3) is 5.40. The zero-order chi connectivity index (χ0) is 21.6. The topological polar surface area (TPSA) is 69.7 Å². The smallest absolute Gasteiger partial charge is 0.317 e. The van der Waals surface area contributed by atoms with Crippen molar-refractivity contribution in [2.45, 2.75) is 50.6 Å². The van der Waals surface area contributed by atoms with E-state index in [1.54, 1.807) is 40.5 Å². The largest absolute Gasteiger partial charge is 0.334 e. The molecule has 2 aromatic rings. The van der Waals surface area contributed by atoms with E-state index in [9.17, 15) is 13.2 Å². The van der Waals surface area contributed by atoms with Gasteiger partial charge in [0.25, 0.3) is 0 Å². The summed E-state index contributed by atoms with van der Waals surface area (Å²) < 4.78 is 27.7. The molecule has 0 radical (unpaired) electrons. The van der Waals surface area contributed by atoms with Crippen LogP contribution in [0.5, 0.6) is 0 Å². The van der Waals surface area contributed by atoms with Gasteiger partial charge in [0.2, 0.25) is 10.0 Å². The Balaban J connectivity index is 1.64. The maximum absolute atomic E-state index is 13.1. The van der Waals surface area contributed by atoms with Gasteiger partial charge in [0.05, 0.1) is 4.90 Å². The second-order valence-corrected chi connectivity index (χ2v) is 9.66. The minimum Gasteiger partial charge on any atom is -0.334 e. The Morgan fingerprint density at radius 3 is 2.30 bits per heavy atom. The van der Waals surface area contributed by atoms with Crippen molar-refractivity contribution in [2.75, 3.05) is 20.1 Å². The average molecular weight is 430 g/mol. The van der Waals surface area contributed by atoms with Crippen LogP contribution < -0.4 is 5.32 Å². The Bertz CT molecular complexity index is 952. The molecule has 2 aromatic carbocycles. The van der Waals surface area contributed by atoms with Gasteiger partial charge in [0.15, 0.2) is 0 Å². The Hall–Kier alpha value is -2.38. The Kier molecular flexibility index (Phi) is 7.50. The summed E-state index contributed by atoms with van der Waals surface area (Å²) in [7, 11) is -1.81. The van der Waals surface area contributed by atoms with Crippen LogP contribution in [0.4, 0.5) is 4.79 Å². The molecule has 2 amide bonds. The first-order valence-corrected chi connectivity index (χ1v) is 12.0. The molecule has 0 spiro atoms. The van der Waals surface area contributed by atoms with Crippen LogP contribution in [0.15, 0.2) is 53.4 Å². The van der Waals surface area contributed by atoms with Gasteiger partial charge in [-0.25, -0.2) is 13.2 Å². The monoisotopic (exact) mass is 429 g/mol. The molecule has 1 heterocycles. The van der Waals surface area contributed by atoms with Crippen LogP contribution in [0.25, 0.3) is 0 Å². The van der Waals surface area contributed by atoms with Crippen molar-refractivity contribution in [1.29, 1.82) is 0 Å². The first-order valence-electron chi connectivity index (χ1n) is 10.6. The fourth-order valence-electron chi connectivity index (χ4n) is 3.68. The molecule has 1 aliphatic heterocycles. The Morgan fingerprint density at radius 1 is 1.00 bits per heavy atom. The summed E-state index contributed by atoms with van der Waals surface area (Å²) >= 11 is 0. The quantitative estimate of drug-likeness (QED) is 0.728. The highest BCUT2D eigenvalue weighted by Gasteiger charge is 2.28. The van der Waals surface area contributed by atoms with Crippen molar-refractivity contribution in [3.8, 4) is 0 Å². The summed E-state index contributed by atoms with van der Waals surface area (Å²) in [4.78, 5) is 14.4. The molecule has 1 aliphatic rings. The van der Waals surface area contributed by atoms with Crippen LogP contribution in [0, 0.1) is 0 Å². The highest BCUT2D eigenvalue weighted by Crippen LogP contribution is 2.23. The highest BCUT2D eigenvalue weighted by atomic mass is 32.2. The maximum Gasteiger partial charge on any atom is 0.317 e. The summed E-state index contributed by atoms with van der Waals surface area (Å²) in [5.41, 5.74) is 2.92. The number of urea groups is 1. The number of rotatable bonds is 7. The predicted molar refractivity (Wildman–Crippen MR) is 119 cm³/mol. The van der Waals surface area contributed by atoms with E-state index in [1.165, 1.54) is 5.56 Å². The van der Waals surface area contributed by atoms with E-state index in [1.807, 2.05) is 12.1 Å². The van der Waals surface area contributed by atoms with Gasteiger partial charge in [-0.15, -0.1) is 0 Å². The molecule has 0 atom stereocenters. The van der Waals surface area contributed by atoms with Crippen molar-refractivity contribution < 1.29 is 13.2 Å². The summed E-state index contributed by atoms with van der Waals surface area (Å²) in [6, 6.07) is 14.9. The lowest BCUT2D eigenvalue weighted by molar-refractivity contribution is 0.206. The van der Waals surface area contributed by atoms with Crippen LogP contribution in [-0.4, -0.2) is 43.8 Å². The van der Waals surface area contributed by atoms with Gasteiger partial charge < -0.3 is 10.2 Å². The lowest BCUT2D eigenvalue weighted by atomic mass is 10.1. The molecule has 0 saturated carbocycles. The standard InChI is InChI=1S/C23H31N3O3S/c1-3-19-11-13-20(14-12-19)18-25(2)23(27)24-17-21-9-5-6-10-22(21)30(28,29)26-15-7-4-8-16-26/h5-6,9-14H,3-4,7-8,15-18H2,1-2H3,(H,24,27). The van der Waals surface area contributed by atoms with Crippen molar-refractivity contribution in [3.05, 3.63) is 65.2 Å². The minimum atomic E-state index is -3.55. The number of carbonyl (C=O) groups is 1. The number of piperidine rings is 1. The maximum atomic E-state index is 13.1. The van der Waals surface area contributed by atoms with Crippen LogP contribution in [0.2, 0.25) is 0 Å². The lowest BCUT2D eigenvalue weighted by Crippen LogP contribution is -2.38. The minimum absolute atomic E-state index is 0.168. The zero-order valence-corrected chi connectivity index (χ0v) is 18.6. The van der Waals surface area contributed by atoms with Gasteiger partial charge in [0, 0.05) is 33.2 Å². The Morgan fingerprint density at radius 2 is 1.63 bits per heavy atom. The van der Waals surface area contributed by atoms with Crippen molar-refractivity contribution in [3.63, 3.8) is 0 Å². The first-order chi connectivity index (χ1) is 14.4.